The molecule has 1 aromatic heterocycles. The Kier molecular flexibility index (Phi) is 10.2. The molecule has 3 heterocycles. The number of carbonyl (C=O) groups excluding carboxylic acids is 1. The number of aryl methyl sites for hydroxylation is 1. The van der Waals surface area contributed by atoms with Crippen molar-refractivity contribution in [2.75, 3.05) is 38.4 Å². The molecule has 1 spiro atoms. The molecule has 10 heteroatoms. The van der Waals surface area contributed by atoms with Crippen molar-refractivity contribution in [2.45, 2.75) is 82.1 Å². The van der Waals surface area contributed by atoms with Gasteiger partial charge < -0.3 is 40.2 Å². The number of nitrogens with one attached hydrogen (secondary N) is 1. The first-order chi connectivity index (χ1) is 29.1. The van der Waals surface area contributed by atoms with Crippen molar-refractivity contribution in [2.24, 2.45) is 5.92 Å². The maximum atomic E-state index is 12.4. The van der Waals surface area contributed by atoms with Gasteiger partial charge in [-0.05, 0) is 121 Å². The number of ether oxygens (including phenoxy) is 4. The van der Waals surface area contributed by atoms with Crippen molar-refractivity contribution in [3.05, 3.63) is 117 Å². The van der Waals surface area contributed by atoms with E-state index >= 15 is 0 Å². The van der Waals surface area contributed by atoms with Gasteiger partial charge in [0, 0.05) is 59.3 Å². The van der Waals surface area contributed by atoms with Crippen LogP contribution in [0.15, 0.2) is 72.8 Å². The molecule has 4 aliphatic rings. The van der Waals surface area contributed by atoms with Crippen molar-refractivity contribution in [1.29, 1.82) is 0 Å². The van der Waals surface area contributed by atoms with Crippen LogP contribution in [0.1, 0.15) is 102 Å². The first-order valence-corrected chi connectivity index (χ1v) is 21.0. The smallest absolute Gasteiger partial charge is 0.302 e. The number of nitrogens with two attached hydrogens (primary N) is 1. The second kappa shape index (κ2) is 15.7. The number of rotatable bonds is 9. The van der Waals surface area contributed by atoms with Gasteiger partial charge in [-0.3, -0.25) is 4.79 Å². The van der Waals surface area contributed by atoms with E-state index in [4.69, 9.17) is 29.7 Å². The number of hydrogen-bond donors (Lipinski definition) is 4. The van der Waals surface area contributed by atoms with E-state index in [0.29, 0.717) is 29.4 Å². The summed E-state index contributed by atoms with van der Waals surface area (Å²) in [5.41, 5.74) is 16.8. The number of phenolic OH excluding ortho intramolecular Hbond substituents is 2. The van der Waals surface area contributed by atoms with Crippen LogP contribution in [0.2, 0.25) is 0 Å². The highest BCUT2D eigenvalue weighted by Gasteiger charge is 2.52. The molecular weight excluding hydrogens is 755 g/mol. The average molecular weight is 806 g/mol. The number of pyridine rings is 1. The van der Waals surface area contributed by atoms with Gasteiger partial charge >= 0.3 is 5.97 Å². The molecule has 60 heavy (non-hydrogen) atoms. The number of para-hydroxylation sites is 1. The monoisotopic (exact) mass is 805 g/mol. The summed E-state index contributed by atoms with van der Waals surface area (Å²) in [5.74, 6) is 8.69. The molecule has 5 atom stereocenters. The highest BCUT2D eigenvalue weighted by Crippen LogP contribution is 2.63. The van der Waals surface area contributed by atoms with E-state index < -0.39 is 6.10 Å². The summed E-state index contributed by atoms with van der Waals surface area (Å²) in [7, 11) is 3.16. The number of aromatic hydroxyl groups is 2. The Morgan fingerprint density at radius 3 is 2.60 bits per heavy atom. The zero-order valence-corrected chi connectivity index (χ0v) is 34.6. The molecule has 0 radical (unpaired) electrons. The topological polar surface area (TPSA) is 145 Å². The zero-order valence-electron chi connectivity index (χ0n) is 34.6. The zero-order chi connectivity index (χ0) is 41.7. The fourth-order valence-electron chi connectivity index (χ4n) is 10.8. The van der Waals surface area contributed by atoms with Crippen LogP contribution in [-0.2, 0) is 34.2 Å². The van der Waals surface area contributed by atoms with Gasteiger partial charge in [-0.25, -0.2) is 4.98 Å². The molecule has 2 aliphatic carbocycles. The van der Waals surface area contributed by atoms with Gasteiger partial charge in [0.1, 0.15) is 41.5 Å². The minimum atomic E-state index is -0.592. The standard InChI is InChI=1S/C50H51N3O7/c1-5-52-40-11-7-6-9-29(40)13-14-34-31-19-20-50(25-31)26-32-21-33(55)23-44(58-4)46(32)37-16-15-36-39(27-59-28(2)54)48(60-49(36)47(37)50)38-24-43(57-3)42(56)22-30(38)10-8-12-41-35(34)17-18-45(51)53-41/h6-7,9,11,15-18,21-24,31,34,39,48,52,55-56H,5,10,13-14,19-20,25-27H2,1-4H3,(H2,51,53)/t31-,34+,39+,48+,50-/m1/s1. The third kappa shape index (κ3) is 6.80. The molecule has 5 aromatic rings. The normalized spacial score (nSPS) is 21.7. The van der Waals surface area contributed by atoms with Crippen LogP contribution in [0, 0.1) is 17.8 Å². The lowest BCUT2D eigenvalue weighted by Gasteiger charge is -2.39. The molecule has 9 rings (SSSR count). The number of carbonyl (C=O) groups is 1. The summed E-state index contributed by atoms with van der Waals surface area (Å²) in [6, 6.07) is 23.9. The Hall–Kier alpha value is -6.34. The molecule has 4 aromatic carbocycles. The average Bonchev–Trinajstić information content (AvgIpc) is 3.82. The van der Waals surface area contributed by atoms with E-state index in [1.54, 1.807) is 19.2 Å². The first-order valence-electron chi connectivity index (χ1n) is 21.0. The molecule has 0 unspecified atom stereocenters. The van der Waals surface area contributed by atoms with Crippen LogP contribution in [0.3, 0.4) is 0 Å². The summed E-state index contributed by atoms with van der Waals surface area (Å²) in [5, 5.41) is 25.7. The quantitative estimate of drug-likeness (QED) is 0.0842. The highest BCUT2D eigenvalue weighted by molar-refractivity contribution is 5.84. The van der Waals surface area contributed by atoms with Crippen LogP contribution < -0.4 is 25.3 Å². The Balaban J connectivity index is 1.28. The number of nitrogens with zero attached hydrogens (tertiary/aromatic N) is 1. The van der Waals surface area contributed by atoms with E-state index in [1.165, 1.54) is 19.6 Å². The van der Waals surface area contributed by atoms with Crippen molar-refractivity contribution < 1.29 is 34.0 Å². The number of methoxy groups -OCH3 is 2. The molecule has 1 saturated carbocycles. The van der Waals surface area contributed by atoms with E-state index in [0.717, 1.165) is 94.6 Å². The van der Waals surface area contributed by atoms with Crippen LogP contribution >= 0.6 is 0 Å². The number of nitrogen functional groups attached to an aromatic ring is 1. The molecule has 4 bridgehead atoms. The summed E-state index contributed by atoms with van der Waals surface area (Å²) in [6.07, 6.45) is 4.77. The lowest BCUT2D eigenvalue weighted by Crippen LogP contribution is -2.31. The molecule has 0 saturated heterocycles. The van der Waals surface area contributed by atoms with Gasteiger partial charge in [0.2, 0.25) is 0 Å². The minimum Gasteiger partial charge on any atom is -0.508 e. The number of aromatic nitrogens is 1. The summed E-state index contributed by atoms with van der Waals surface area (Å²) >= 11 is 0. The van der Waals surface area contributed by atoms with Crippen LogP contribution in [0.25, 0.3) is 11.1 Å². The van der Waals surface area contributed by atoms with E-state index in [2.05, 4.69) is 66.5 Å². The third-order valence-electron chi connectivity index (χ3n) is 13.3. The predicted molar refractivity (Wildman–Crippen MR) is 231 cm³/mol. The van der Waals surface area contributed by atoms with Crippen molar-refractivity contribution in [3.63, 3.8) is 0 Å². The maximum Gasteiger partial charge on any atom is 0.302 e. The van der Waals surface area contributed by atoms with E-state index in [9.17, 15) is 15.0 Å². The van der Waals surface area contributed by atoms with Gasteiger partial charge in [-0.2, -0.15) is 0 Å². The Morgan fingerprint density at radius 1 is 0.983 bits per heavy atom. The van der Waals surface area contributed by atoms with Crippen molar-refractivity contribution >= 4 is 17.5 Å². The number of benzene rings is 4. The number of esters is 1. The fraction of sp³-hybridized carbons (Fsp3) is 0.360. The predicted octanol–water partition coefficient (Wildman–Crippen LogP) is 8.89. The van der Waals surface area contributed by atoms with Gasteiger partial charge in [-0.15, -0.1) is 0 Å². The molecule has 0 amide bonds. The SMILES string of the molecule is CCNc1ccccc1CC[C@@H]1c2ccc(N)nc2C#CCc2cc(O)c(OC)cc2[C@@H]2Oc3c(ccc4c3[C@@]3(CC[C@@H]1C3)Cc1cc(O)cc(OC)c1-4)[C@@H]2COC(C)=O. The Labute approximate surface area is 351 Å². The van der Waals surface area contributed by atoms with Crippen molar-refractivity contribution in [1.82, 2.24) is 4.98 Å². The van der Waals surface area contributed by atoms with Gasteiger partial charge in [0.05, 0.1) is 20.1 Å². The molecule has 5 N–H and O–H groups in total. The molecule has 2 aliphatic heterocycles. The number of fused-ring (bicyclic) bond motifs is 7. The minimum absolute atomic E-state index is 0.00992. The second-order valence-corrected chi connectivity index (χ2v) is 16.7. The highest BCUT2D eigenvalue weighted by atomic mass is 16.5. The number of hydrogen-bond acceptors (Lipinski definition) is 10. The van der Waals surface area contributed by atoms with Crippen LogP contribution in [-0.4, -0.2) is 48.5 Å². The van der Waals surface area contributed by atoms with Crippen LogP contribution in [0.5, 0.6) is 28.7 Å². The molecule has 1 fully saturated rings. The lowest BCUT2D eigenvalue weighted by atomic mass is 9.64. The Morgan fingerprint density at radius 2 is 1.80 bits per heavy atom. The largest absolute Gasteiger partial charge is 0.508 e. The first kappa shape index (κ1) is 39.1. The second-order valence-electron chi connectivity index (χ2n) is 16.7. The van der Waals surface area contributed by atoms with Gasteiger partial charge in [0.15, 0.2) is 11.5 Å². The van der Waals surface area contributed by atoms with E-state index in [1.807, 2.05) is 18.2 Å². The fourth-order valence-corrected chi connectivity index (χ4v) is 10.8. The van der Waals surface area contributed by atoms with Crippen LogP contribution in [0.4, 0.5) is 11.5 Å². The summed E-state index contributed by atoms with van der Waals surface area (Å²) < 4.78 is 24.8. The number of anilines is 2. The Bertz CT molecular complexity index is 2580. The third-order valence-corrected chi connectivity index (χ3v) is 13.3. The van der Waals surface area contributed by atoms with E-state index in [-0.39, 0.29) is 53.7 Å². The number of phenols is 2. The van der Waals surface area contributed by atoms with Gasteiger partial charge in [-0.1, -0.05) is 42.3 Å². The summed E-state index contributed by atoms with van der Waals surface area (Å²) in [6.45, 7) is 4.46. The molecule has 10 nitrogen and oxygen atoms in total. The van der Waals surface area contributed by atoms with Crippen molar-refractivity contribution in [3.8, 4) is 51.7 Å². The maximum absolute atomic E-state index is 12.4. The lowest BCUT2D eigenvalue weighted by molar-refractivity contribution is -0.141. The van der Waals surface area contributed by atoms with Gasteiger partial charge in [0.25, 0.3) is 0 Å². The summed E-state index contributed by atoms with van der Waals surface area (Å²) in [4.78, 5) is 17.3. The molecular formula is C50H51N3O7. The molecule has 308 valence electrons.